The summed E-state index contributed by atoms with van der Waals surface area (Å²) in [6.45, 7) is 11.6. The molecule has 1 saturated carbocycles. The zero-order valence-corrected chi connectivity index (χ0v) is 12.0. The number of nitrogens with one attached hydrogen (secondary N) is 2. The van der Waals surface area contributed by atoms with E-state index in [1.165, 1.54) is 25.7 Å². The van der Waals surface area contributed by atoms with Crippen molar-refractivity contribution in [1.29, 1.82) is 0 Å². The second kappa shape index (κ2) is 5.05. The van der Waals surface area contributed by atoms with E-state index in [4.69, 9.17) is 0 Å². The molecule has 1 aliphatic rings. The summed E-state index contributed by atoms with van der Waals surface area (Å²) >= 11 is 0. The van der Waals surface area contributed by atoms with Gasteiger partial charge in [-0.2, -0.15) is 0 Å². The molecule has 0 aromatic carbocycles. The molecule has 0 spiro atoms. The first-order valence-electron chi connectivity index (χ1n) is 6.72. The highest BCUT2D eigenvalue weighted by atomic mass is 15.2. The fourth-order valence-corrected chi connectivity index (χ4v) is 2.86. The molecule has 1 fully saturated rings. The predicted octanol–water partition coefficient (Wildman–Crippen LogP) is 3.14. The van der Waals surface area contributed by atoms with Crippen molar-refractivity contribution in [2.75, 3.05) is 7.05 Å². The van der Waals surface area contributed by atoms with E-state index in [2.05, 4.69) is 45.3 Å². The van der Waals surface area contributed by atoms with Crippen molar-refractivity contribution in [1.82, 2.24) is 10.6 Å². The topological polar surface area (TPSA) is 24.1 Å². The molecule has 0 aliphatic heterocycles. The average molecular weight is 226 g/mol. The lowest BCUT2D eigenvalue weighted by Crippen LogP contribution is -2.59. The molecule has 1 unspecified atom stereocenters. The minimum atomic E-state index is 0.247. The van der Waals surface area contributed by atoms with Crippen LogP contribution in [-0.2, 0) is 0 Å². The Morgan fingerprint density at radius 1 is 1.00 bits per heavy atom. The molecule has 1 atom stereocenters. The maximum atomic E-state index is 3.81. The van der Waals surface area contributed by atoms with Gasteiger partial charge in [0.2, 0.25) is 0 Å². The standard InChI is InChI=1S/C14H30N2/c1-13(2,3)12(15-6)16-14(4,5)11-9-7-8-10-11/h11-12,15-16H,7-10H2,1-6H3. The summed E-state index contributed by atoms with van der Waals surface area (Å²) in [6, 6.07) is 0. The molecule has 16 heavy (non-hydrogen) atoms. The van der Waals surface area contributed by atoms with Crippen molar-refractivity contribution < 1.29 is 0 Å². The van der Waals surface area contributed by atoms with E-state index in [0.717, 1.165) is 5.92 Å². The van der Waals surface area contributed by atoms with Crippen LogP contribution in [0.4, 0.5) is 0 Å². The van der Waals surface area contributed by atoms with Gasteiger partial charge in [0.05, 0.1) is 6.17 Å². The fourth-order valence-electron chi connectivity index (χ4n) is 2.86. The Labute approximate surface area is 102 Å². The van der Waals surface area contributed by atoms with Gasteiger partial charge >= 0.3 is 0 Å². The zero-order chi connectivity index (χ0) is 12.4. The van der Waals surface area contributed by atoms with Crippen LogP contribution in [0, 0.1) is 11.3 Å². The third kappa shape index (κ3) is 3.46. The zero-order valence-electron chi connectivity index (χ0n) is 12.0. The van der Waals surface area contributed by atoms with Gasteiger partial charge in [0.1, 0.15) is 0 Å². The summed E-state index contributed by atoms with van der Waals surface area (Å²) in [5.74, 6) is 0.839. The van der Waals surface area contributed by atoms with Gasteiger partial charge in [-0.3, -0.25) is 5.32 Å². The lowest BCUT2D eigenvalue weighted by atomic mass is 9.83. The van der Waals surface area contributed by atoms with Crippen molar-refractivity contribution in [3.05, 3.63) is 0 Å². The Morgan fingerprint density at radius 2 is 1.50 bits per heavy atom. The first kappa shape index (κ1) is 14.0. The van der Waals surface area contributed by atoms with Gasteiger partial charge in [-0.05, 0) is 45.1 Å². The van der Waals surface area contributed by atoms with Crippen LogP contribution in [0.2, 0.25) is 0 Å². The first-order chi connectivity index (χ1) is 7.27. The van der Waals surface area contributed by atoms with Gasteiger partial charge < -0.3 is 5.32 Å². The van der Waals surface area contributed by atoms with E-state index < -0.39 is 0 Å². The van der Waals surface area contributed by atoms with E-state index in [0.29, 0.717) is 6.17 Å². The average Bonchev–Trinajstić information content (AvgIpc) is 2.65. The molecule has 0 saturated heterocycles. The summed E-state index contributed by atoms with van der Waals surface area (Å²) in [5, 5.41) is 7.22. The Morgan fingerprint density at radius 3 is 1.88 bits per heavy atom. The van der Waals surface area contributed by atoms with Crippen molar-refractivity contribution in [3.8, 4) is 0 Å². The molecule has 1 rings (SSSR count). The van der Waals surface area contributed by atoms with Gasteiger partial charge in [0, 0.05) is 5.54 Å². The third-order valence-corrected chi connectivity index (χ3v) is 4.05. The highest BCUT2D eigenvalue weighted by Gasteiger charge is 2.35. The maximum Gasteiger partial charge on any atom is 0.0623 e. The Hall–Kier alpha value is -0.0800. The summed E-state index contributed by atoms with van der Waals surface area (Å²) in [5.41, 5.74) is 0.502. The molecular weight excluding hydrogens is 196 g/mol. The predicted molar refractivity (Wildman–Crippen MR) is 71.5 cm³/mol. The molecular formula is C14H30N2. The van der Waals surface area contributed by atoms with E-state index in [1.54, 1.807) is 0 Å². The minimum Gasteiger partial charge on any atom is -0.305 e. The summed E-state index contributed by atoms with van der Waals surface area (Å²) in [4.78, 5) is 0. The van der Waals surface area contributed by atoms with Crippen molar-refractivity contribution in [2.45, 2.75) is 72.0 Å². The van der Waals surface area contributed by atoms with Gasteiger partial charge in [-0.25, -0.2) is 0 Å². The Balaban J connectivity index is 2.62. The lowest BCUT2D eigenvalue weighted by molar-refractivity contribution is 0.146. The molecule has 2 heteroatoms. The molecule has 0 aromatic heterocycles. The molecule has 0 radical (unpaired) electrons. The van der Waals surface area contributed by atoms with Gasteiger partial charge in [-0.1, -0.05) is 33.6 Å². The highest BCUT2D eigenvalue weighted by Crippen LogP contribution is 2.34. The quantitative estimate of drug-likeness (QED) is 0.720. The van der Waals surface area contributed by atoms with Gasteiger partial charge in [0.25, 0.3) is 0 Å². The monoisotopic (exact) mass is 226 g/mol. The molecule has 2 N–H and O–H groups in total. The van der Waals surface area contributed by atoms with Crippen LogP contribution in [0.15, 0.2) is 0 Å². The summed E-state index contributed by atoms with van der Waals surface area (Å²) in [7, 11) is 2.05. The molecule has 0 amide bonds. The highest BCUT2D eigenvalue weighted by molar-refractivity contribution is 4.93. The van der Waals surface area contributed by atoms with Crippen molar-refractivity contribution in [3.63, 3.8) is 0 Å². The molecule has 0 bridgehead atoms. The molecule has 96 valence electrons. The van der Waals surface area contributed by atoms with Gasteiger partial charge in [-0.15, -0.1) is 0 Å². The summed E-state index contributed by atoms with van der Waals surface area (Å²) < 4.78 is 0. The number of hydrogen-bond acceptors (Lipinski definition) is 2. The first-order valence-corrected chi connectivity index (χ1v) is 6.72. The fraction of sp³-hybridized carbons (Fsp3) is 1.00. The third-order valence-electron chi connectivity index (χ3n) is 4.05. The normalized spacial score (nSPS) is 21.4. The Kier molecular flexibility index (Phi) is 4.42. The van der Waals surface area contributed by atoms with Gasteiger partial charge in [0.15, 0.2) is 0 Å². The van der Waals surface area contributed by atoms with E-state index in [9.17, 15) is 0 Å². The largest absolute Gasteiger partial charge is 0.305 e. The van der Waals surface area contributed by atoms with Crippen LogP contribution >= 0.6 is 0 Å². The molecule has 0 aromatic rings. The SMILES string of the molecule is CNC(NC(C)(C)C1CCCC1)C(C)(C)C. The maximum absolute atomic E-state index is 3.81. The van der Waals surface area contributed by atoms with Crippen LogP contribution < -0.4 is 10.6 Å². The van der Waals surface area contributed by atoms with Crippen molar-refractivity contribution >= 4 is 0 Å². The molecule has 1 aliphatic carbocycles. The molecule has 0 heterocycles. The second-order valence-electron chi connectivity index (χ2n) is 6.94. The minimum absolute atomic E-state index is 0.247. The second-order valence-corrected chi connectivity index (χ2v) is 6.94. The van der Waals surface area contributed by atoms with Crippen LogP contribution in [0.1, 0.15) is 60.3 Å². The van der Waals surface area contributed by atoms with Crippen LogP contribution in [0.3, 0.4) is 0 Å². The Bertz CT molecular complexity index is 209. The van der Waals surface area contributed by atoms with E-state index in [1.807, 2.05) is 7.05 Å². The van der Waals surface area contributed by atoms with Crippen molar-refractivity contribution in [2.24, 2.45) is 11.3 Å². The van der Waals surface area contributed by atoms with E-state index >= 15 is 0 Å². The van der Waals surface area contributed by atoms with E-state index in [-0.39, 0.29) is 11.0 Å². The number of rotatable bonds is 4. The lowest BCUT2D eigenvalue weighted by Gasteiger charge is -2.41. The number of hydrogen-bond donors (Lipinski definition) is 2. The molecule has 2 nitrogen and oxygen atoms in total. The summed E-state index contributed by atoms with van der Waals surface area (Å²) in [6.07, 6.45) is 5.98. The van der Waals surface area contributed by atoms with Crippen LogP contribution in [-0.4, -0.2) is 18.8 Å². The van der Waals surface area contributed by atoms with Crippen LogP contribution in [0.25, 0.3) is 0 Å². The van der Waals surface area contributed by atoms with Crippen LogP contribution in [0.5, 0.6) is 0 Å². The smallest absolute Gasteiger partial charge is 0.0623 e.